The molecular formula is C10H10N2O. The van der Waals surface area contributed by atoms with E-state index in [1.54, 1.807) is 12.1 Å². The molecule has 1 N–H and O–H groups in total. The van der Waals surface area contributed by atoms with Gasteiger partial charge in [0.05, 0.1) is 5.71 Å². The van der Waals surface area contributed by atoms with E-state index in [0.29, 0.717) is 0 Å². The van der Waals surface area contributed by atoms with E-state index in [2.05, 4.69) is 10.2 Å². The number of phenols is 1. The van der Waals surface area contributed by atoms with E-state index in [0.717, 1.165) is 23.4 Å². The van der Waals surface area contributed by atoms with Crippen molar-refractivity contribution in [1.29, 1.82) is 0 Å². The van der Waals surface area contributed by atoms with Crippen molar-refractivity contribution in [3.05, 3.63) is 29.8 Å². The van der Waals surface area contributed by atoms with Crippen LogP contribution < -0.4 is 0 Å². The smallest absolute Gasteiger partial charge is 0.124 e. The molecule has 0 amide bonds. The number of rotatable bonds is 1. The van der Waals surface area contributed by atoms with Crippen LogP contribution in [0.5, 0.6) is 5.75 Å². The lowest BCUT2D eigenvalue weighted by Crippen LogP contribution is -2.00. The van der Waals surface area contributed by atoms with Gasteiger partial charge in [-0.25, -0.2) is 0 Å². The van der Waals surface area contributed by atoms with E-state index < -0.39 is 0 Å². The molecule has 0 unspecified atom stereocenters. The van der Waals surface area contributed by atoms with Crippen molar-refractivity contribution in [2.24, 2.45) is 10.2 Å². The van der Waals surface area contributed by atoms with Crippen molar-refractivity contribution in [2.45, 2.75) is 13.3 Å². The maximum atomic E-state index is 9.53. The van der Waals surface area contributed by atoms with Gasteiger partial charge in [0.25, 0.3) is 0 Å². The predicted molar refractivity (Wildman–Crippen MR) is 52.4 cm³/mol. The highest BCUT2D eigenvalue weighted by Gasteiger charge is 2.13. The summed E-state index contributed by atoms with van der Waals surface area (Å²) in [5.74, 6) is 0.270. The van der Waals surface area contributed by atoms with Crippen molar-refractivity contribution >= 4 is 11.4 Å². The molecule has 13 heavy (non-hydrogen) atoms. The molecule has 1 heterocycles. The molecule has 66 valence electrons. The summed E-state index contributed by atoms with van der Waals surface area (Å²) in [6.07, 6.45) is 0.734. The molecule has 0 atom stereocenters. The number of benzene rings is 1. The molecule has 0 saturated heterocycles. The SMILES string of the molecule is CC1=NN=C(c2ccccc2O)C1. The van der Waals surface area contributed by atoms with Crippen LogP contribution in [0.1, 0.15) is 18.9 Å². The zero-order valence-corrected chi connectivity index (χ0v) is 7.36. The van der Waals surface area contributed by atoms with Crippen molar-refractivity contribution in [1.82, 2.24) is 0 Å². The average Bonchev–Trinajstić information content (AvgIpc) is 2.53. The van der Waals surface area contributed by atoms with Crippen molar-refractivity contribution < 1.29 is 5.11 Å². The molecular weight excluding hydrogens is 164 g/mol. The average molecular weight is 174 g/mol. The molecule has 0 spiro atoms. The van der Waals surface area contributed by atoms with Crippen LogP contribution in [-0.4, -0.2) is 16.5 Å². The minimum absolute atomic E-state index is 0.270. The summed E-state index contributed by atoms with van der Waals surface area (Å²) in [4.78, 5) is 0. The first-order valence-electron chi connectivity index (χ1n) is 4.16. The Hall–Kier alpha value is -1.64. The zero-order valence-electron chi connectivity index (χ0n) is 7.36. The second-order valence-electron chi connectivity index (χ2n) is 3.08. The number of hydrogen-bond donors (Lipinski definition) is 1. The van der Waals surface area contributed by atoms with E-state index in [1.165, 1.54) is 0 Å². The van der Waals surface area contributed by atoms with E-state index in [9.17, 15) is 5.11 Å². The lowest BCUT2D eigenvalue weighted by molar-refractivity contribution is 0.474. The molecule has 2 rings (SSSR count). The quantitative estimate of drug-likeness (QED) is 0.695. The third kappa shape index (κ3) is 1.45. The van der Waals surface area contributed by atoms with Crippen LogP contribution in [0.3, 0.4) is 0 Å². The monoisotopic (exact) mass is 174 g/mol. The molecule has 1 aromatic carbocycles. The van der Waals surface area contributed by atoms with Crippen LogP contribution in [0.4, 0.5) is 0 Å². The Balaban J connectivity index is 2.34. The first-order chi connectivity index (χ1) is 6.27. The van der Waals surface area contributed by atoms with Crippen LogP contribution in [-0.2, 0) is 0 Å². The highest BCUT2D eigenvalue weighted by molar-refractivity contribution is 6.15. The first kappa shape index (κ1) is 7.98. The molecule has 3 heteroatoms. The fourth-order valence-electron chi connectivity index (χ4n) is 1.33. The standard InChI is InChI=1S/C10H10N2O/c1-7-6-9(12-11-7)8-4-2-3-5-10(8)13/h2-5,13H,6H2,1H3. The summed E-state index contributed by atoms with van der Waals surface area (Å²) in [6.45, 7) is 1.93. The minimum Gasteiger partial charge on any atom is -0.507 e. The Morgan fingerprint density at radius 3 is 2.62 bits per heavy atom. The molecule has 0 saturated carbocycles. The molecule has 3 nitrogen and oxygen atoms in total. The highest BCUT2D eigenvalue weighted by Crippen LogP contribution is 2.20. The van der Waals surface area contributed by atoms with Crippen LogP contribution in [0.25, 0.3) is 0 Å². The van der Waals surface area contributed by atoms with Crippen LogP contribution in [0.2, 0.25) is 0 Å². The fourth-order valence-corrected chi connectivity index (χ4v) is 1.33. The minimum atomic E-state index is 0.270. The Morgan fingerprint density at radius 1 is 1.23 bits per heavy atom. The molecule has 0 aromatic heterocycles. The summed E-state index contributed by atoms with van der Waals surface area (Å²) < 4.78 is 0. The van der Waals surface area contributed by atoms with Crippen molar-refractivity contribution in [3.63, 3.8) is 0 Å². The van der Waals surface area contributed by atoms with Gasteiger partial charge in [-0.15, -0.1) is 0 Å². The van der Waals surface area contributed by atoms with Gasteiger partial charge in [0.2, 0.25) is 0 Å². The summed E-state index contributed by atoms with van der Waals surface area (Å²) in [6, 6.07) is 7.18. The maximum Gasteiger partial charge on any atom is 0.124 e. The normalized spacial score (nSPS) is 15.5. The Labute approximate surface area is 76.4 Å². The molecule has 1 aliphatic rings. The second-order valence-corrected chi connectivity index (χ2v) is 3.08. The Morgan fingerprint density at radius 2 is 2.00 bits per heavy atom. The molecule has 1 aromatic rings. The van der Waals surface area contributed by atoms with Crippen LogP contribution >= 0.6 is 0 Å². The topological polar surface area (TPSA) is 45.0 Å². The van der Waals surface area contributed by atoms with Gasteiger partial charge in [0.15, 0.2) is 0 Å². The fraction of sp³-hybridized carbons (Fsp3) is 0.200. The lowest BCUT2D eigenvalue weighted by Gasteiger charge is -2.01. The summed E-state index contributed by atoms with van der Waals surface area (Å²) in [5, 5.41) is 17.4. The van der Waals surface area contributed by atoms with Gasteiger partial charge in [-0.2, -0.15) is 10.2 Å². The number of nitrogens with zero attached hydrogens (tertiary/aromatic N) is 2. The molecule has 0 radical (unpaired) electrons. The first-order valence-corrected chi connectivity index (χ1v) is 4.16. The van der Waals surface area contributed by atoms with E-state index in [1.807, 2.05) is 19.1 Å². The lowest BCUT2D eigenvalue weighted by atomic mass is 10.1. The van der Waals surface area contributed by atoms with Crippen molar-refractivity contribution in [2.75, 3.05) is 0 Å². The van der Waals surface area contributed by atoms with Gasteiger partial charge in [0, 0.05) is 17.7 Å². The van der Waals surface area contributed by atoms with E-state index >= 15 is 0 Å². The van der Waals surface area contributed by atoms with Gasteiger partial charge in [-0.3, -0.25) is 0 Å². The molecule has 0 aliphatic carbocycles. The Kier molecular flexibility index (Phi) is 1.85. The van der Waals surface area contributed by atoms with Gasteiger partial charge >= 0.3 is 0 Å². The third-order valence-electron chi connectivity index (χ3n) is 1.98. The van der Waals surface area contributed by atoms with E-state index in [4.69, 9.17) is 0 Å². The van der Waals surface area contributed by atoms with E-state index in [-0.39, 0.29) is 5.75 Å². The van der Waals surface area contributed by atoms with Gasteiger partial charge in [-0.1, -0.05) is 12.1 Å². The van der Waals surface area contributed by atoms with Crippen LogP contribution in [0.15, 0.2) is 34.5 Å². The number of phenolic OH excluding ortho intramolecular Hbond substituents is 1. The highest BCUT2D eigenvalue weighted by atomic mass is 16.3. The third-order valence-corrected chi connectivity index (χ3v) is 1.98. The second kappa shape index (κ2) is 3.01. The zero-order chi connectivity index (χ0) is 9.26. The molecule has 0 fully saturated rings. The Bertz CT molecular complexity index is 394. The van der Waals surface area contributed by atoms with Crippen molar-refractivity contribution in [3.8, 4) is 5.75 Å². The number of aromatic hydroxyl groups is 1. The molecule has 1 aliphatic heterocycles. The molecule has 0 bridgehead atoms. The number of hydrogen-bond acceptors (Lipinski definition) is 3. The van der Waals surface area contributed by atoms with Gasteiger partial charge in [0.1, 0.15) is 5.75 Å². The summed E-state index contributed by atoms with van der Waals surface area (Å²) in [7, 11) is 0. The maximum absolute atomic E-state index is 9.53. The van der Waals surface area contributed by atoms with Gasteiger partial charge in [-0.05, 0) is 19.1 Å². The summed E-state index contributed by atoms with van der Waals surface area (Å²) >= 11 is 0. The van der Waals surface area contributed by atoms with Crippen LogP contribution in [0, 0.1) is 0 Å². The predicted octanol–water partition coefficient (Wildman–Crippen LogP) is 1.96. The largest absolute Gasteiger partial charge is 0.507 e. The van der Waals surface area contributed by atoms with Gasteiger partial charge < -0.3 is 5.11 Å². The number of para-hydroxylation sites is 1. The summed E-state index contributed by atoms with van der Waals surface area (Å²) in [5.41, 5.74) is 2.61.